The molecule has 35 heavy (non-hydrogen) atoms. The SMILES string of the molecule is O=S(=O)(O)Oc1cc(O)cc(O)c1-c1c(O)cc(O)c(-c2c(O)cc(O)cc2OS(=O)(=O)O)c1O. The Bertz CT molecular complexity index is 1450. The van der Waals surface area contributed by atoms with Gasteiger partial charge < -0.3 is 44.1 Å². The number of rotatable bonds is 6. The molecule has 188 valence electrons. The van der Waals surface area contributed by atoms with Crippen LogP contribution in [0.5, 0.6) is 51.7 Å². The molecule has 0 saturated carbocycles. The van der Waals surface area contributed by atoms with Gasteiger partial charge in [-0.1, -0.05) is 0 Å². The lowest BCUT2D eigenvalue weighted by molar-refractivity contribution is 0.381. The summed E-state index contributed by atoms with van der Waals surface area (Å²) in [7, 11) is -10.6. The number of aromatic hydroxyl groups is 7. The first-order valence-corrected chi connectivity index (χ1v) is 11.5. The molecule has 17 heteroatoms. The summed E-state index contributed by atoms with van der Waals surface area (Å²) >= 11 is 0. The third-order valence-corrected chi connectivity index (χ3v) is 5.06. The van der Waals surface area contributed by atoms with Crippen LogP contribution < -0.4 is 8.37 Å². The van der Waals surface area contributed by atoms with Gasteiger partial charge in [-0.2, -0.15) is 16.8 Å². The molecule has 0 amide bonds. The van der Waals surface area contributed by atoms with Crippen LogP contribution in [0, 0.1) is 0 Å². The van der Waals surface area contributed by atoms with Crippen LogP contribution in [0.15, 0.2) is 30.3 Å². The van der Waals surface area contributed by atoms with Crippen molar-refractivity contribution in [1.82, 2.24) is 0 Å². The van der Waals surface area contributed by atoms with Gasteiger partial charge in [0.15, 0.2) is 11.5 Å². The van der Waals surface area contributed by atoms with Crippen molar-refractivity contribution in [3.63, 3.8) is 0 Å². The van der Waals surface area contributed by atoms with E-state index in [0.717, 1.165) is 0 Å². The summed E-state index contributed by atoms with van der Waals surface area (Å²) in [6.07, 6.45) is 0. The highest BCUT2D eigenvalue weighted by Gasteiger charge is 2.30. The molecule has 0 atom stereocenters. The second kappa shape index (κ2) is 8.47. The van der Waals surface area contributed by atoms with Gasteiger partial charge in [0.05, 0.1) is 22.3 Å². The molecule has 0 spiro atoms. The van der Waals surface area contributed by atoms with E-state index in [4.69, 9.17) is 9.11 Å². The predicted molar refractivity (Wildman–Crippen MR) is 113 cm³/mol. The summed E-state index contributed by atoms with van der Waals surface area (Å²) in [4.78, 5) is 0. The maximum Gasteiger partial charge on any atom is 0.446 e. The first kappa shape index (κ1) is 25.3. The van der Waals surface area contributed by atoms with Gasteiger partial charge in [0.25, 0.3) is 0 Å². The molecule has 3 aromatic carbocycles. The van der Waals surface area contributed by atoms with E-state index in [1.54, 1.807) is 0 Å². The van der Waals surface area contributed by atoms with Crippen LogP contribution in [0.4, 0.5) is 0 Å². The van der Waals surface area contributed by atoms with Crippen LogP contribution in [-0.4, -0.2) is 61.7 Å². The van der Waals surface area contributed by atoms with Crippen molar-refractivity contribution in [1.29, 1.82) is 0 Å². The van der Waals surface area contributed by atoms with E-state index < -0.39 is 94.8 Å². The second-order valence-electron chi connectivity index (χ2n) is 6.71. The number of benzene rings is 3. The molecule has 0 heterocycles. The Kier molecular flexibility index (Phi) is 6.13. The van der Waals surface area contributed by atoms with Crippen molar-refractivity contribution in [3.8, 4) is 74.0 Å². The summed E-state index contributed by atoms with van der Waals surface area (Å²) in [6.45, 7) is 0. The monoisotopic (exact) mass is 534 g/mol. The average Bonchev–Trinajstić information content (AvgIpc) is 2.62. The molecule has 0 aliphatic carbocycles. The number of hydrogen-bond acceptors (Lipinski definition) is 13. The summed E-state index contributed by atoms with van der Waals surface area (Å²) in [5.41, 5.74) is -3.57. The minimum absolute atomic E-state index is 0.497. The van der Waals surface area contributed by atoms with Gasteiger partial charge in [0, 0.05) is 30.3 Å². The van der Waals surface area contributed by atoms with Crippen LogP contribution in [0.1, 0.15) is 0 Å². The third-order valence-electron chi connectivity index (χ3n) is 4.28. The molecule has 9 N–H and O–H groups in total. The first-order valence-electron chi connectivity index (χ1n) is 8.73. The zero-order chi connectivity index (χ0) is 26.5. The highest BCUT2D eigenvalue weighted by atomic mass is 32.3. The van der Waals surface area contributed by atoms with Crippen molar-refractivity contribution in [2.75, 3.05) is 0 Å². The van der Waals surface area contributed by atoms with E-state index in [1.165, 1.54) is 0 Å². The highest BCUT2D eigenvalue weighted by Crippen LogP contribution is 2.57. The quantitative estimate of drug-likeness (QED) is 0.202. The Balaban J connectivity index is 2.46. The fraction of sp³-hybridized carbons (Fsp3) is 0. The maximum absolute atomic E-state index is 11.2. The molecule has 0 fully saturated rings. The molecule has 0 saturated heterocycles. The number of hydrogen-bond donors (Lipinski definition) is 9. The molecular weight excluding hydrogens is 520 g/mol. The van der Waals surface area contributed by atoms with Crippen molar-refractivity contribution in [3.05, 3.63) is 30.3 Å². The van der Waals surface area contributed by atoms with Crippen LogP contribution in [-0.2, 0) is 20.8 Å². The molecule has 15 nitrogen and oxygen atoms in total. The van der Waals surface area contributed by atoms with Crippen molar-refractivity contribution >= 4 is 20.8 Å². The molecule has 0 aliphatic rings. The zero-order valence-corrected chi connectivity index (χ0v) is 18.3. The van der Waals surface area contributed by atoms with Crippen LogP contribution in [0.25, 0.3) is 22.3 Å². The van der Waals surface area contributed by atoms with Crippen LogP contribution in [0.3, 0.4) is 0 Å². The lowest BCUT2D eigenvalue weighted by Crippen LogP contribution is -2.08. The lowest BCUT2D eigenvalue weighted by Gasteiger charge is -2.19. The van der Waals surface area contributed by atoms with E-state index in [1.807, 2.05) is 0 Å². The summed E-state index contributed by atoms with van der Waals surface area (Å²) in [5.74, 6) is -9.09. The molecule has 3 rings (SSSR count). The Labute approximate surface area is 195 Å². The third kappa shape index (κ3) is 5.27. The largest absolute Gasteiger partial charge is 0.508 e. The first-order chi connectivity index (χ1) is 16.0. The Hall–Kier alpha value is -4.32. The maximum atomic E-state index is 11.2. The van der Waals surface area contributed by atoms with E-state index >= 15 is 0 Å². The van der Waals surface area contributed by atoms with Crippen molar-refractivity contribution in [2.24, 2.45) is 0 Å². The standard InChI is InChI=1S/C18H14O15S2/c19-6-1-8(21)14(12(3-6)32-34(26,27)28)16-10(23)5-11(24)17(18(16)25)15-9(22)2-7(20)4-13(15)33-35(29,30)31/h1-5,19-25H,(H,26,27,28)(H,29,30,31). The molecular formula is C18H14O15S2. The Morgan fingerprint density at radius 3 is 1.11 bits per heavy atom. The van der Waals surface area contributed by atoms with Gasteiger partial charge in [0.1, 0.15) is 40.2 Å². The molecule has 0 bridgehead atoms. The van der Waals surface area contributed by atoms with Gasteiger partial charge in [-0.3, -0.25) is 9.11 Å². The number of phenolic OH excluding ortho intramolecular Hbond substituents is 7. The van der Waals surface area contributed by atoms with Crippen molar-refractivity contribution in [2.45, 2.75) is 0 Å². The average molecular weight is 534 g/mol. The topological polar surface area (TPSA) is 269 Å². The van der Waals surface area contributed by atoms with Gasteiger partial charge in [-0.15, -0.1) is 0 Å². The van der Waals surface area contributed by atoms with E-state index in [-0.39, 0.29) is 0 Å². The van der Waals surface area contributed by atoms with Gasteiger partial charge >= 0.3 is 20.8 Å². The van der Waals surface area contributed by atoms with E-state index in [2.05, 4.69) is 8.37 Å². The van der Waals surface area contributed by atoms with Gasteiger partial charge in [0.2, 0.25) is 0 Å². The van der Waals surface area contributed by atoms with Crippen molar-refractivity contribution < 1.29 is 70.1 Å². The fourth-order valence-corrected chi connectivity index (χ4v) is 3.89. The summed E-state index contributed by atoms with van der Waals surface area (Å²) in [5, 5.41) is 71.4. The normalized spacial score (nSPS) is 11.8. The smallest absolute Gasteiger partial charge is 0.446 e. The molecule has 3 aromatic rings. The van der Waals surface area contributed by atoms with Crippen LogP contribution in [0.2, 0.25) is 0 Å². The minimum atomic E-state index is -5.29. The Morgan fingerprint density at radius 2 is 0.800 bits per heavy atom. The zero-order valence-electron chi connectivity index (χ0n) is 16.7. The minimum Gasteiger partial charge on any atom is -0.508 e. The molecule has 0 radical (unpaired) electrons. The fourth-order valence-electron chi connectivity index (χ4n) is 3.17. The molecule has 0 unspecified atom stereocenters. The van der Waals surface area contributed by atoms with E-state index in [9.17, 15) is 52.6 Å². The van der Waals surface area contributed by atoms with Crippen LogP contribution >= 0.6 is 0 Å². The second-order valence-corrected chi connectivity index (χ2v) is 8.76. The predicted octanol–water partition coefficient (Wildman–Crippen LogP) is 1.32. The van der Waals surface area contributed by atoms with E-state index in [0.29, 0.717) is 30.3 Å². The Morgan fingerprint density at radius 1 is 0.486 bits per heavy atom. The van der Waals surface area contributed by atoms with Gasteiger partial charge in [-0.05, 0) is 0 Å². The lowest BCUT2D eigenvalue weighted by atomic mass is 9.93. The van der Waals surface area contributed by atoms with Gasteiger partial charge in [-0.25, -0.2) is 0 Å². The molecule has 0 aliphatic heterocycles. The summed E-state index contributed by atoms with van der Waals surface area (Å²) in [6, 6.07) is 2.83. The molecule has 0 aromatic heterocycles. The summed E-state index contributed by atoms with van der Waals surface area (Å²) < 4.78 is 71.5. The number of phenols is 7. The highest BCUT2D eigenvalue weighted by molar-refractivity contribution is 7.81.